The molecule has 0 aliphatic carbocycles. The van der Waals surface area contributed by atoms with Crippen LogP contribution in [0.4, 0.5) is 5.69 Å². The number of nitrogens with zero attached hydrogens (tertiary/aromatic N) is 2. The Bertz CT molecular complexity index is 1020. The summed E-state index contributed by atoms with van der Waals surface area (Å²) in [5.74, 6) is -0.622. The number of amides is 1. The molecule has 2 rings (SSSR count). The van der Waals surface area contributed by atoms with E-state index < -0.39 is 28.4 Å². The molecule has 160 valence electrons. The summed E-state index contributed by atoms with van der Waals surface area (Å²) < 4.78 is 35.5. The molecule has 0 saturated carbocycles. The van der Waals surface area contributed by atoms with Crippen LogP contribution in [0, 0.1) is 0 Å². The van der Waals surface area contributed by atoms with Crippen LogP contribution >= 0.6 is 15.9 Å². The van der Waals surface area contributed by atoms with E-state index in [1.54, 1.807) is 48.5 Å². The molecule has 0 saturated heterocycles. The highest BCUT2D eigenvalue weighted by Crippen LogP contribution is 2.21. The Balaban J connectivity index is 1.95. The summed E-state index contributed by atoms with van der Waals surface area (Å²) in [6.07, 6.45) is 2.42. The topological polar surface area (TPSA) is 114 Å². The zero-order valence-electron chi connectivity index (χ0n) is 16.2. The summed E-state index contributed by atoms with van der Waals surface area (Å²) in [5, 5.41) is 3.83. The van der Waals surface area contributed by atoms with E-state index >= 15 is 0 Å². The highest BCUT2D eigenvalue weighted by Gasteiger charge is 2.20. The molecule has 0 bridgehead atoms. The summed E-state index contributed by atoms with van der Waals surface area (Å²) in [5.41, 5.74) is 3.32. The van der Waals surface area contributed by atoms with Crippen LogP contribution in [0.25, 0.3) is 0 Å². The van der Waals surface area contributed by atoms with Crippen molar-refractivity contribution in [1.82, 2.24) is 5.43 Å². The molecular weight excluding hydrogens is 478 g/mol. The molecule has 9 nitrogen and oxygen atoms in total. The first-order chi connectivity index (χ1) is 14.2. The van der Waals surface area contributed by atoms with Gasteiger partial charge in [0.2, 0.25) is 10.0 Å². The van der Waals surface area contributed by atoms with E-state index in [9.17, 15) is 18.0 Å². The number of methoxy groups -OCH3 is 1. The molecule has 2 aromatic rings. The maximum absolute atomic E-state index is 12.2. The van der Waals surface area contributed by atoms with E-state index in [-0.39, 0.29) is 6.61 Å². The standard InChI is InChI=1S/C19H20BrN3O6S/c1-28-19(25)13-29-17-8-6-14(7-9-17)11-21-22-18(24)12-23(30(2,26)27)16-5-3-4-15(20)10-16/h3-11H,12-13H2,1-2H3,(H,22,24). The van der Waals surface area contributed by atoms with Crippen molar-refractivity contribution in [2.24, 2.45) is 5.10 Å². The number of hydrazone groups is 1. The van der Waals surface area contributed by atoms with Crippen molar-refractivity contribution in [3.63, 3.8) is 0 Å². The first-order valence-corrected chi connectivity index (χ1v) is 11.2. The Morgan fingerprint density at radius 1 is 1.20 bits per heavy atom. The van der Waals surface area contributed by atoms with Gasteiger partial charge in [-0.05, 0) is 48.0 Å². The number of benzene rings is 2. The summed E-state index contributed by atoms with van der Waals surface area (Å²) in [6, 6.07) is 13.2. The molecule has 0 aromatic heterocycles. The number of halogens is 1. The number of sulfonamides is 1. The average molecular weight is 498 g/mol. The van der Waals surface area contributed by atoms with Crippen molar-refractivity contribution in [3.8, 4) is 5.75 Å². The van der Waals surface area contributed by atoms with Crippen molar-refractivity contribution in [3.05, 3.63) is 58.6 Å². The second kappa shape index (κ2) is 10.7. The molecule has 0 spiro atoms. The molecule has 1 N–H and O–H groups in total. The Kier molecular flexibility index (Phi) is 8.36. The third-order valence-corrected chi connectivity index (χ3v) is 5.28. The van der Waals surface area contributed by atoms with Gasteiger partial charge in [-0.2, -0.15) is 5.10 Å². The minimum atomic E-state index is -3.67. The molecule has 0 heterocycles. The number of ether oxygens (including phenoxy) is 2. The number of anilines is 1. The maximum Gasteiger partial charge on any atom is 0.343 e. The normalized spacial score (nSPS) is 11.2. The Hall–Kier alpha value is -2.92. The van der Waals surface area contributed by atoms with Gasteiger partial charge in [-0.15, -0.1) is 0 Å². The van der Waals surface area contributed by atoms with Gasteiger partial charge in [0.15, 0.2) is 6.61 Å². The molecule has 30 heavy (non-hydrogen) atoms. The van der Waals surface area contributed by atoms with Crippen LogP contribution in [0.3, 0.4) is 0 Å². The third-order valence-electron chi connectivity index (χ3n) is 3.65. The monoisotopic (exact) mass is 497 g/mol. The minimum absolute atomic E-state index is 0.200. The number of carbonyl (C=O) groups excluding carboxylic acids is 2. The molecular formula is C19H20BrN3O6S. The van der Waals surface area contributed by atoms with E-state index in [4.69, 9.17) is 4.74 Å². The fourth-order valence-electron chi connectivity index (χ4n) is 2.23. The first kappa shape index (κ1) is 23.4. The van der Waals surface area contributed by atoms with Gasteiger partial charge in [-0.1, -0.05) is 22.0 Å². The highest BCUT2D eigenvalue weighted by atomic mass is 79.9. The van der Waals surface area contributed by atoms with Crippen LogP contribution in [0.2, 0.25) is 0 Å². The quantitative estimate of drug-likeness (QED) is 0.321. The van der Waals surface area contributed by atoms with Gasteiger partial charge in [0.05, 0.1) is 25.3 Å². The van der Waals surface area contributed by atoms with Crippen LogP contribution in [-0.4, -0.2) is 53.0 Å². The highest BCUT2D eigenvalue weighted by molar-refractivity contribution is 9.10. The minimum Gasteiger partial charge on any atom is -0.482 e. The van der Waals surface area contributed by atoms with Gasteiger partial charge in [0.1, 0.15) is 12.3 Å². The lowest BCUT2D eigenvalue weighted by Crippen LogP contribution is -2.39. The van der Waals surface area contributed by atoms with E-state index in [1.165, 1.54) is 13.3 Å². The number of rotatable bonds is 9. The predicted octanol–water partition coefficient (Wildman–Crippen LogP) is 1.92. The van der Waals surface area contributed by atoms with Gasteiger partial charge >= 0.3 is 5.97 Å². The first-order valence-electron chi connectivity index (χ1n) is 8.54. The number of hydrogen-bond acceptors (Lipinski definition) is 7. The van der Waals surface area contributed by atoms with Crippen LogP contribution in [0.1, 0.15) is 5.56 Å². The zero-order valence-corrected chi connectivity index (χ0v) is 18.6. The molecule has 0 radical (unpaired) electrons. The van der Waals surface area contributed by atoms with Gasteiger partial charge in [-0.3, -0.25) is 9.10 Å². The Morgan fingerprint density at radius 3 is 2.50 bits per heavy atom. The number of esters is 1. The summed E-state index contributed by atoms with van der Waals surface area (Å²) >= 11 is 3.28. The van der Waals surface area contributed by atoms with Gasteiger partial charge < -0.3 is 9.47 Å². The fourth-order valence-corrected chi connectivity index (χ4v) is 3.46. The lowest BCUT2D eigenvalue weighted by atomic mass is 10.2. The number of nitrogens with one attached hydrogen (secondary N) is 1. The van der Waals surface area contributed by atoms with E-state index in [0.29, 0.717) is 21.5 Å². The lowest BCUT2D eigenvalue weighted by molar-refractivity contribution is -0.142. The zero-order chi connectivity index (χ0) is 22.1. The van der Waals surface area contributed by atoms with Crippen molar-refractivity contribution in [2.45, 2.75) is 0 Å². The largest absolute Gasteiger partial charge is 0.482 e. The predicted molar refractivity (Wildman–Crippen MR) is 116 cm³/mol. The van der Waals surface area contributed by atoms with Crippen molar-refractivity contribution in [1.29, 1.82) is 0 Å². The third kappa shape index (κ3) is 7.48. The molecule has 1 amide bonds. The Morgan fingerprint density at radius 2 is 1.90 bits per heavy atom. The van der Waals surface area contributed by atoms with Crippen LogP contribution in [-0.2, 0) is 24.3 Å². The summed E-state index contributed by atoms with van der Waals surface area (Å²) in [7, 11) is -2.40. The van der Waals surface area contributed by atoms with Crippen molar-refractivity contribution < 1.29 is 27.5 Å². The van der Waals surface area contributed by atoms with E-state index in [1.807, 2.05) is 0 Å². The van der Waals surface area contributed by atoms with Gasteiger partial charge in [-0.25, -0.2) is 18.6 Å². The lowest BCUT2D eigenvalue weighted by Gasteiger charge is -2.21. The molecule has 2 aromatic carbocycles. The van der Waals surface area contributed by atoms with E-state index in [2.05, 4.69) is 31.2 Å². The second-order valence-corrected chi connectivity index (χ2v) is 8.80. The molecule has 0 aliphatic rings. The molecule has 11 heteroatoms. The molecule has 0 aliphatic heterocycles. The second-order valence-electron chi connectivity index (χ2n) is 5.98. The summed E-state index contributed by atoms with van der Waals surface area (Å²) in [6.45, 7) is -0.623. The fraction of sp³-hybridized carbons (Fsp3) is 0.211. The number of carbonyl (C=O) groups is 2. The van der Waals surface area contributed by atoms with E-state index in [0.717, 1.165) is 10.6 Å². The molecule has 0 atom stereocenters. The summed E-state index contributed by atoms with van der Waals surface area (Å²) in [4.78, 5) is 23.2. The maximum atomic E-state index is 12.2. The van der Waals surface area contributed by atoms with Crippen LogP contribution in [0.15, 0.2) is 58.1 Å². The molecule has 0 fully saturated rings. The Labute approximate surface area is 182 Å². The van der Waals surface area contributed by atoms with Crippen LogP contribution < -0.4 is 14.5 Å². The SMILES string of the molecule is COC(=O)COc1ccc(C=NNC(=O)CN(c2cccc(Br)c2)S(C)(=O)=O)cc1. The van der Waals surface area contributed by atoms with Gasteiger partial charge in [0.25, 0.3) is 5.91 Å². The molecule has 0 unspecified atom stereocenters. The number of hydrogen-bond donors (Lipinski definition) is 1. The smallest absolute Gasteiger partial charge is 0.343 e. The van der Waals surface area contributed by atoms with Gasteiger partial charge in [0, 0.05) is 4.47 Å². The van der Waals surface area contributed by atoms with Crippen molar-refractivity contribution in [2.75, 3.05) is 30.8 Å². The average Bonchev–Trinajstić information content (AvgIpc) is 2.70. The van der Waals surface area contributed by atoms with Crippen LogP contribution in [0.5, 0.6) is 5.75 Å². The van der Waals surface area contributed by atoms with Crippen molar-refractivity contribution >= 4 is 49.7 Å².